The standard InChI is InChI=1S/C20H18ClN3O2S/c1-2-13-27-17-6-4-3-5-16(17)22-18(25)11-12-19-23-20(24-26-19)14-7-9-15(21)10-8-14/h2-10H,1,11-13H2,(H,22,25). The van der Waals surface area contributed by atoms with Crippen molar-refractivity contribution in [3.63, 3.8) is 0 Å². The van der Waals surface area contributed by atoms with Gasteiger partial charge in [-0.25, -0.2) is 0 Å². The van der Waals surface area contributed by atoms with E-state index >= 15 is 0 Å². The average Bonchev–Trinajstić information content (AvgIpc) is 3.15. The zero-order valence-corrected chi connectivity index (χ0v) is 16.1. The van der Waals surface area contributed by atoms with E-state index in [-0.39, 0.29) is 12.3 Å². The Kier molecular flexibility index (Phi) is 6.68. The average molecular weight is 400 g/mol. The van der Waals surface area contributed by atoms with E-state index in [9.17, 15) is 4.79 Å². The van der Waals surface area contributed by atoms with Crippen LogP contribution in [-0.4, -0.2) is 21.8 Å². The number of halogens is 1. The first kappa shape index (κ1) is 19.2. The zero-order valence-electron chi connectivity index (χ0n) is 14.5. The van der Waals surface area contributed by atoms with Crippen molar-refractivity contribution < 1.29 is 9.32 Å². The topological polar surface area (TPSA) is 68.0 Å². The van der Waals surface area contributed by atoms with E-state index in [4.69, 9.17) is 16.1 Å². The fourth-order valence-electron chi connectivity index (χ4n) is 2.35. The number of rotatable bonds is 8. The molecule has 7 heteroatoms. The third-order valence-electron chi connectivity index (χ3n) is 3.65. The normalized spacial score (nSPS) is 10.6. The van der Waals surface area contributed by atoms with Crippen LogP contribution in [0, 0.1) is 0 Å². The van der Waals surface area contributed by atoms with Gasteiger partial charge < -0.3 is 9.84 Å². The third-order valence-corrected chi connectivity index (χ3v) is 4.98. The summed E-state index contributed by atoms with van der Waals surface area (Å²) in [6, 6.07) is 14.9. The molecule has 0 aliphatic heterocycles. The maximum atomic E-state index is 12.3. The van der Waals surface area contributed by atoms with E-state index in [1.165, 1.54) is 0 Å². The Balaban J connectivity index is 1.57. The third kappa shape index (κ3) is 5.45. The molecular weight excluding hydrogens is 382 g/mol. The van der Waals surface area contributed by atoms with Crippen LogP contribution in [0.15, 0.2) is 70.6 Å². The lowest BCUT2D eigenvalue weighted by atomic mass is 10.2. The summed E-state index contributed by atoms with van der Waals surface area (Å²) < 4.78 is 5.24. The molecule has 0 atom stereocenters. The van der Waals surface area contributed by atoms with Gasteiger partial charge in [0.25, 0.3) is 0 Å². The number of hydrogen-bond donors (Lipinski definition) is 1. The Hall–Kier alpha value is -2.57. The van der Waals surface area contributed by atoms with Gasteiger partial charge in [0.15, 0.2) is 0 Å². The van der Waals surface area contributed by atoms with Gasteiger partial charge in [-0.1, -0.05) is 35.0 Å². The quantitative estimate of drug-likeness (QED) is 0.414. The van der Waals surface area contributed by atoms with Crippen LogP contribution in [0.2, 0.25) is 5.02 Å². The Morgan fingerprint density at radius 3 is 2.78 bits per heavy atom. The van der Waals surface area contributed by atoms with Crippen molar-refractivity contribution in [2.45, 2.75) is 17.7 Å². The van der Waals surface area contributed by atoms with Gasteiger partial charge in [0, 0.05) is 34.1 Å². The van der Waals surface area contributed by atoms with Gasteiger partial charge in [-0.2, -0.15) is 4.98 Å². The monoisotopic (exact) mass is 399 g/mol. The first-order valence-electron chi connectivity index (χ1n) is 8.37. The maximum Gasteiger partial charge on any atom is 0.227 e. The smallest absolute Gasteiger partial charge is 0.227 e. The number of amides is 1. The van der Waals surface area contributed by atoms with Crippen LogP contribution >= 0.6 is 23.4 Å². The molecule has 5 nitrogen and oxygen atoms in total. The van der Waals surface area contributed by atoms with Crippen molar-refractivity contribution >= 4 is 35.0 Å². The second-order valence-corrected chi connectivity index (χ2v) is 7.16. The number of benzene rings is 2. The molecular formula is C20H18ClN3O2S. The molecule has 0 saturated heterocycles. The Morgan fingerprint density at radius 2 is 2.00 bits per heavy atom. The molecule has 0 aliphatic carbocycles. The molecule has 3 rings (SSSR count). The van der Waals surface area contributed by atoms with Crippen molar-refractivity contribution in [1.29, 1.82) is 0 Å². The summed E-state index contributed by atoms with van der Waals surface area (Å²) in [5.74, 6) is 1.58. The Morgan fingerprint density at radius 1 is 1.22 bits per heavy atom. The number of aryl methyl sites for hydroxylation is 1. The summed E-state index contributed by atoms with van der Waals surface area (Å²) in [6.45, 7) is 3.72. The van der Waals surface area contributed by atoms with Crippen molar-refractivity contribution in [3.8, 4) is 11.4 Å². The zero-order chi connectivity index (χ0) is 19.1. The molecule has 0 radical (unpaired) electrons. The molecule has 3 aromatic rings. The van der Waals surface area contributed by atoms with E-state index in [0.29, 0.717) is 23.2 Å². The lowest BCUT2D eigenvalue weighted by molar-refractivity contribution is -0.116. The Bertz CT molecular complexity index is 925. The molecule has 0 spiro atoms. The van der Waals surface area contributed by atoms with Gasteiger partial charge in [0.2, 0.25) is 17.6 Å². The summed E-state index contributed by atoms with van der Waals surface area (Å²) in [4.78, 5) is 17.6. The fraction of sp³-hybridized carbons (Fsp3) is 0.150. The van der Waals surface area contributed by atoms with Crippen LogP contribution < -0.4 is 5.32 Å². The van der Waals surface area contributed by atoms with Crippen LogP contribution in [0.3, 0.4) is 0 Å². The summed E-state index contributed by atoms with van der Waals surface area (Å²) in [7, 11) is 0. The molecule has 0 fully saturated rings. The predicted molar refractivity (Wildman–Crippen MR) is 109 cm³/mol. The van der Waals surface area contributed by atoms with Gasteiger partial charge in [0.05, 0.1) is 5.69 Å². The minimum absolute atomic E-state index is 0.104. The number of aromatic nitrogens is 2. The minimum Gasteiger partial charge on any atom is -0.339 e. The van der Waals surface area contributed by atoms with Crippen LogP contribution in [0.5, 0.6) is 0 Å². The van der Waals surface area contributed by atoms with Crippen molar-refractivity contribution in [1.82, 2.24) is 10.1 Å². The number of carbonyl (C=O) groups is 1. The number of thioether (sulfide) groups is 1. The maximum absolute atomic E-state index is 12.3. The highest BCUT2D eigenvalue weighted by Crippen LogP contribution is 2.27. The summed E-state index contributed by atoms with van der Waals surface area (Å²) in [6.07, 6.45) is 2.45. The molecule has 0 aliphatic rings. The van der Waals surface area contributed by atoms with E-state index in [2.05, 4.69) is 22.0 Å². The molecule has 0 saturated carbocycles. The van der Waals surface area contributed by atoms with Crippen LogP contribution in [0.25, 0.3) is 11.4 Å². The summed E-state index contributed by atoms with van der Waals surface area (Å²) in [5, 5.41) is 7.53. The first-order valence-corrected chi connectivity index (χ1v) is 9.73. The molecule has 27 heavy (non-hydrogen) atoms. The SMILES string of the molecule is C=CCSc1ccccc1NC(=O)CCc1nc(-c2ccc(Cl)cc2)no1. The number of para-hydroxylation sites is 1. The molecule has 1 aromatic heterocycles. The molecule has 0 unspecified atom stereocenters. The molecule has 138 valence electrons. The number of carbonyl (C=O) groups excluding carboxylic acids is 1. The highest BCUT2D eigenvalue weighted by atomic mass is 35.5. The van der Waals surface area contributed by atoms with E-state index in [1.54, 1.807) is 23.9 Å². The fourth-order valence-corrected chi connectivity index (χ4v) is 3.22. The lowest BCUT2D eigenvalue weighted by Gasteiger charge is -2.09. The van der Waals surface area contributed by atoms with E-state index in [1.807, 2.05) is 42.5 Å². The minimum atomic E-state index is -0.104. The van der Waals surface area contributed by atoms with Gasteiger partial charge in [-0.3, -0.25) is 4.79 Å². The summed E-state index contributed by atoms with van der Waals surface area (Å²) >= 11 is 7.50. The first-order chi connectivity index (χ1) is 13.2. The number of nitrogens with zero attached hydrogens (tertiary/aromatic N) is 2. The van der Waals surface area contributed by atoms with Gasteiger partial charge in [-0.15, -0.1) is 18.3 Å². The number of hydrogen-bond acceptors (Lipinski definition) is 5. The highest BCUT2D eigenvalue weighted by Gasteiger charge is 2.12. The number of anilines is 1. The van der Waals surface area contributed by atoms with Crippen molar-refractivity contribution in [2.75, 3.05) is 11.1 Å². The van der Waals surface area contributed by atoms with Crippen molar-refractivity contribution in [2.24, 2.45) is 0 Å². The van der Waals surface area contributed by atoms with Gasteiger partial charge >= 0.3 is 0 Å². The van der Waals surface area contributed by atoms with Crippen molar-refractivity contribution in [3.05, 3.63) is 72.1 Å². The van der Waals surface area contributed by atoms with E-state index in [0.717, 1.165) is 21.9 Å². The number of nitrogens with one attached hydrogen (secondary N) is 1. The van der Waals surface area contributed by atoms with Crippen LogP contribution in [0.4, 0.5) is 5.69 Å². The van der Waals surface area contributed by atoms with Gasteiger partial charge in [-0.05, 0) is 36.4 Å². The van der Waals surface area contributed by atoms with Gasteiger partial charge in [0.1, 0.15) is 0 Å². The second-order valence-electron chi connectivity index (χ2n) is 5.66. The molecule has 1 amide bonds. The highest BCUT2D eigenvalue weighted by molar-refractivity contribution is 7.99. The summed E-state index contributed by atoms with van der Waals surface area (Å²) in [5.41, 5.74) is 1.61. The van der Waals surface area contributed by atoms with E-state index < -0.39 is 0 Å². The molecule has 1 N–H and O–H groups in total. The predicted octanol–water partition coefficient (Wildman–Crippen LogP) is 5.24. The Labute approximate surface area is 166 Å². The van der Waals surface area contributed by atoms with Crippen LogP contribution in [0.1, 0.15) is 12.3 Å². The second kappa shape index (κ2) is 9.39. The van der Waals surface area contributed by atoms with Crippen LogP contribution in [-0.2, 0) is 11.2 Å². The molecule has 0 bridgehead atoms. The lowest BCUT2D eigenvalue weighted by Crippen LogP contribution is -2.13. The molecule has 1 heterocycles. The molecule has 2 aromatic carbocycles. The largest absolute Gasteiger partial charge is 0.339 e.